The topological polar surface area (TPSA) is 161 Å². The minimum absolute atomic E-state index is 0.0755. The van der Waals surface area contributed by atoms with Crippen LogP contribution in [0.5, 0.6) is 0 Å². The Bertz CT molecular complexity index is 1060. The molecule has 2 saturated heterocycles. The normalized spacial score (nSPS) is 17.2. The molecule has 15 heteroatoms. The number of rotatable bonds is 30. The van der Waals surface area contributed by atoms with E-state index in [0.29, 0.717) is 130 Å². The number of hydrogen-bond acceptors (Lipinski definition) is 12. The van der Waals surface area contributed by atoms with Gasteiger partial charge in [-0.25, -0.2) is 0 Å². The van der Waals surface area contributed by atoms with Gasteiger partial charge in [-0.1, -0.05) is 41.5 Å². The number of nitrogens with one attached hydrogen (secondary N) is 1. The fraction of sp³-hybridized carbons (Fsp3) is 0.897. The number of imide groups is 1. The third-order valence-electron chi connectivity index (χ3n) is 9.56. The first-order chi connectivity index (χ1) is 25.8. The zero-order valence-electron chi connectivity index (χ0n) is 34.1. The summed E-state index contributed by atoms with van der Waals surface area (Å²) in [6.07, 6.45) is 2.86. The summed E-state index contributed by atoms with van der Waals surface area (Å²) in [7, 11) is 0. The lowest BCUT2D eigenvalue weighted by Gasteiger charge is -2.38. The maximum Gasteiger partial charge on any atom is 0.233 e. The first-order valence-electron chi connectivity index (χ1n) is 19.8. The summed E-state index contributed by atoms with van der Waals surface area (Å²) in [5.74, 6) is -0.107. The van der Waals surface area contributed by atoms with Crippen LogP contribution in [0.1, 0.15) is 73.6 Å². The summed E-state index contributed by atoms with van der Waals surface area (Å²) < 4.78 is 44.0. The van der Waals surface area contributed by atoms with Crippen molar-refractivity contribution in [1.29, 1.82) is 0 Å². The summed E-state index contributed by atoms with van der Waals surface area (Å²) in [4.78, 5) is 52.4. The Morgan fingerprint density at radius 1 is 0.593 bits per heavy atom. The second-order valence-electron chi connectivity index (χ2n) is 15.8. The maximum absolute atomic E-state index is 12.5. The summed E-state index contributed by atoms with van der Waals surface area (Å²) in [6.45, 7) is 21.9. The quantitative estimate of drug-likeness (QED) is 0.0842. The number of ether oxygens (including phenoxy) is 8. The van der Waals surface area contributed by atoms with Gasteiger partial charge in [0.15, 0.2) is 0 Å². The second-order valence-corrected chi connectivity index (χ2v) is 15.8. The van der Waals surface area contributed by atoms with Crippen molar-refractivity contribution >= 4 is 23.6 Å². The van der Waals surface area contributed by atoms with E-state index < -0.39 is 0 Å². The molecule has 0 aromatic carbocycles. The van der Waals surface area contributed by atoms with Crippen LogP contribution in [0, 0.1) is 22.7 Å². The van der Waals surface area contributed by atoms with Gasteiger partial charge in [0, 0.05) is 39.0 Å². The smallest absolute Gasteiger partial charge is 0.233 e. The molecule has 0 aliphatic carbocycles. The molecule has 2 rings (SSSR count). The van der Waals surface area contributed by atoms with E-state index in [1.54, 1.807) is 0 Å². The highest BCUT2D eigenvalue weighted by Gasteiger charge is 2.44. The van der Waals surface area contributed by atoms with Crippen molar-refractivity contribution in [2.24, 2.45) is 22.7 Å². The Morgan fingerprint density at radius 2 is 1.00 bits per heavy atom. The Hall–Kier alpha value is -2.24. The molecule has 2 aliphatic rings. The Balaban J connectivity index is 1.22. The Kier molecular flexibility index (Phi) is 24.3. The number of carbonyl (C=O) groups is 4. The van der Waals surface area contributed by atoms with Crippen LogP contribution >= 0.6 is 0 Å². The van der Waals surface area contributed by atoms with Gasteiger partial charge in [-0.3, -0.25) is 24.1 Å². The minimum atomic E-state index is -0.335. The van der Waals surface area contributed by atoms with E-state index in [4.69, 9.17) is 37.9 Å². The Labute approximate surface area is 323 Å². The van der Waals surface area contributed by atoms with Gasteiger partial charge in [0.1, 0.15) is 0 Å². The summed E-state index contributed by atoms with van der Waals surface area (Å²) in [5.41, 5.74) is 0.0229. The molecule has 0 spiro atoms. The molecule has 0 aromatic rings. The van der Waals surface area contributed by atoms with Gasteiger partial charge >= 0.3 is 0 Å². The molecular formula is C39H71N3O12. The number of amides is 4. The highest BCUT2D eigenvalue weighted by Crippen LogP contribution is 2.36. The third kappa shape index (κ3) is 21.2. The molecular weight excluding hydrogens is 702 g/mol. The van der Waals surface area contributed by atoms with Crippen LogP contribution in [0.2, 0.25) is 0 Å². The average molecular weight is 774 g/mol. The molecule has 0 radical (unpaired) electrons. The van der Waals surface area contributed by atoms with Crippen LogP contribution in [0.4, 0.5) is 0 Å². The fourth-order valence-corrected chi connectivity index (χ4v) is 6.11. The molecule has 1 unspecified atom stereocenters. The molecule has 2 fully saturated rings. The van der Waals surface area contributed by atoms with Crippen molar-refractivity contribution in [2.75, 3.05) is 132 Å². The average Bonchev–Trinajstić information content (AvgIpc) is 3.42. The lowest BCUT2D eigenvalue weighted by Crippen LogP contribution is -2.41. The first kappa shape index (κ1) is 47.9. The summed E-state index contributed by atoms with van der Waals surface area (Å²) >= 11 is 0. The van der Waals surface area contributed by atoms with Crippen molar-refractivity contribution in [3.05, 3.63) is 0 Å². The standard InChI is InChI=1S/C39H71N3O12/c1-38(2,3)32-7-12-41(13-8-32)35(44)10-15-47-17-19-49-21-23-51-25-27-53-29-30-54-28-26-52-24-22-50-20-18-48-16-11-40-34(43)9-14-42-36(45)31-33(37(42)46)39(4,5)6/h32-33H,7-31H2,1-6H3,(H,40,43). The number of carbonyl (C=O) groups excluding carboxylic acids is 4. The highest BCUT2D eigenvalue weighted by molar-refractivity contribution is 6.04. The molecule has 0 bridgehead atoms. The van der Waals surface area contributed by atoms with Crippen LogP contribution in [-0.4, -0.2) is 165 Å². The van der Waals surface area contributed by atoms with Gasteiger partial charge in [0.2, 0.25) is 23.6 Å². The van der Waals surface area contributed by atoms with Crippen molar-refractivity contribution < 1.29 is 57.1 Å². The molecule has 0 aromatic heterocycles. The van der Waals surface area contributed by atoms with Gasteiger partial charge in [0.25, 0.3) is 0 Å². The van der Waals surface area contributed by atoms with Crippen molar-refractivity contribution in [1.82, 2.24) is 15.1 Å². The molecule has 1 N–H and O–H groups in total. The minimum Gasteiger partial charge on any atom is -0.379 e. The molecule has 15 nitrogen and oxygen atoms in total. The lowest BCUT2D eigenvalue weighted by molar-refractivity contribution is -0.140. The molecule has 54 heavy (non-hydrogen) atoms. The molecule has 2 heterocycles. The van der Waals surface area contributed by atoms with Gasteiger partial charge in [-0.2, -0.15) is 0 Å². The molecule has 314 valence electrons. The summed E-state index contributed by atoms with van der Waals surface area (Å²) in [5, 5.41) is 2.74. The van der Waals surface area contributed by atoms with Gasteiger partial charge in [-0.15, -0.1) is 0 Å². The largest absolute Gasteiger partial charge is 0.379 e. The van der Waals surface area contributed by atoms with E-state index in [0.717, 1.165) is 25.9 Å². The number of likely N-dealkylation sites (tertiary alicyclic amines) is 2. The van der Waals surface area contributed by atoms with Crippen LogP contribution in [0.25, 0.3) is 0 Å². The van der Waals surface area contributed by atoms with Crippen LogP contribution in [0.15, 0.2) is 0 Å². The Morgan fingerprint density at radius 3 is 1.39 bits per heavy atom. The van der Waals surface area contributed by atoms with E-state index in [9.17, 15) is 19.2 Å². The monoisotopic (exact) mass is 774 g/mol. The lowest BCUT2D eigenvalue weighted by atomic mass is 9.75. The number of hydrogen-bond donors (Lipinski definition) is 1. The van der Waals surface area contributed by atoms with E-state index >= 15 is 0 Å². The highest BCUT2D eigenvalue weighted by atomic mass is 16.6. The van der Waals surface area contributed by atoms with Crippen LogP contribution < -0.4 is 5.32 Å². The van der Waals surface area contributed by atoms with Gasteiger partial charge < -0.3 is 48.1 Å². The number of piperidine rings is 1. The zero-order chi connectivity index (χ0) is 39.7. The molecule has 2 aliphatic heterocycles. The van der Waals surface area contributed by atoms with E-state index in [1.807, 2.05) is 25.7 Å². The summed E-state index contributed by atoms with van der Waals surface area (Å²) in [6, 6.07) is 0. The predicted molar refractivity (Wildman–Crippen MR) is 202 cm³/mol. The zero-order valence-corrected chi connectivity index (χ0v) is 34.1. The molecule has 4 amide bonds. The molecule has 0 saturated carbocycles. The van der Waals surface area contributed by atoms with Gasteiger partial charge in [-0.05, 0) is 29.6 Å². The van der Waals surface area contributed by atoms with Crippen LogP contribution in [-0.2, 0) is 57.1 Å². The number of nitrogens with zero attached hydrogens (tertiary/aromatic N) is 2. The van der Waals surface area contributed by atoms with Gasteiger partial charge in [0.05, 0.1) is 118 Å². The van der Waals surface area contributed by atoms with E-state index in [1.165, 1.54) is 4.90 Å². The first-order valence-corrected chi connectivity index (χ1v) is 19.8. The predicted octanol–water partition coefficient (Wildman–Crippen LogP) is 2.72. The fourth-order valence-electron chi connectivity index (χ4n) is 6.11. The SMILES string of the molecule is CC(C)(C)C1CCN(C(=O)CCOCCOCCOCCOCCOCCOCCOCCOCCNC(=O)CCN2C(=O)CC(C(C)(C)C)C2=O)CC1. The van der Waals surface area contributed by atoms with Crippen molar-refractivity contribution in [2.45, 2.75) is 73.6 Å². The third-order valence-corrected chi connectivity index (χ3v) is 9.56. The second kappa shape index (κ2) is 27.4. The van der Waals surface area contributed by atoms with E-state index in [-0.39, 0.29) is 54.3 Å². The molecule has 1 atom stereocenters. The van der Waals surface area contributed by atoms with E-state index in [2.05, 4.69) is 26.1 Å². The maximum atomic E-state index is 12.5. The van der Waals surface area contributed by atoms with Crippen molar-refractivity contribution in [3.63, 3.8) is 0 Å². The van der Waals surface area contributed by atoms with Crippen molar-refractivity contribution in [3.8, 4) is 0 Å². The van der Waals surface area contributed by atoms with Crippen LogP contribution in [0.3, 0.4) is 0 Å².